The van der Waals surface area contributed by atoms with Gasteiger partial charge in [-0.25, -0.2) is 0 Å². The van der Waals surface area contributed by atoms with Crippen LogP contribution >= 0.6 is 0 Å². The summed E-state index contributed by atoms with van der Waals surface area (Å²) in [6, 6.07) is 6.88. The molecule has 1 aromatic rings. The number of halogens is 3. The van der Waals surface area contributed by atoms with E-state index in [4.69, 9.17) is 4.74 Å². The van der Waals surface area contributed by atoms with E-state index in [0.717, 1.165) is 12.0 Å². The average Bonchev–Trinajstić information content (AvgIpc) is 2.83. The van der Waals surface area contributed by atoms with E-state index in [9.17, 15) is 23.1 Å². The SMILES string of the molecule is CCc1ccc(O[C@H](C)C(=O)N2N=C(C)C[C@]2(O)C(F)(F)F)cc1. The van der Waals surface area contributed by atoms with Gasteiger partial charge in [-0.2, -0.15) is 23.3 Å². The summed E-state index contributed by atoms with van der Waals surface area (Å²) < 4.78 is 44.8. The summed E-state index contributed by atoms with van der Waals surface area (Å²) in [5.41, 5.74) is -2.26. The lowest BCUT2D eigenvalue weighted by molar-refractivity contribution is -0.303. The van der Waals surface area contributed by atoms with Gasteiger partial charge in [0.15, 0.2) is 6.10 Å². The molecule has 1 aromatic carbocycles. The third-order valence-electron chi connectivity index (χ3n) is 3.78. The van der Waals surface area contributed by atoms with Crippen LogP contribution in [0.5, 0.6) is 5.75 Å². The first-order valence-corrected chi connectivity index (χ1v) is 7.51. The van der Waals surface area contributed by atoms with E-state index in [0.29, 0.717) is 5.75 Å². The number of carbonyl (C=O) groups is 1. The zero-order valence-electron chi connectivity index (χ0n) is 13.6. The van der Waals surface area contributed by atoms with E-state index in [2.05, 4.69) is 5.10 Å². The first-order valence-electron chi connectivity index (χ1n) is 7.51. The molecule has 0 aliphatic carbocycles. The van der Waals surface area contributed by atoms with Gasteiger partial charge in [0.05, 0.1) is 0 Å². The Balaban J connectivity index is 2.16. The van der Waals surface area contributed by atoms with Gasteiger partial charge < -0.3 is 9.84 Å². The molecular formula is C16H19F3N2O3. The fourth-order valence-corrected chi connectivity index (χ4v) is 2.40. The first-order chi connectivity index (χ1) is 11.1. The van der Waals surface area contributed by atoms with Gasteiger partial charge in [-0.3, -0.25) is 4.79 Å². The van der Waals surface area contributed by atoms with E-state index >= 15 is 0 Å². The molecular weight excluding hydrogens is 325 g/mol. The lowest BCUT2D eigenvalue weighted by Crippen LogP contribution is -2.58. The molecule has 0 aromatic heterocycles. The van der Waals surface area contributed by atoms with E-state index in [1.54, 1.807) is 24.3 Å². The molecule has 1 aliphatic rings. The Labute approximate surface area is 137 Å². The minimum Gasteiger partial charge on any atom is -0.481 e. The van der Waals surface area contributed by atoms with Crippen LogP contribution in [0.15, 0.2) is 29.4 Å². The van der Waals surface area contributed by atoms with Crippen LogP contribution in [0.25, 0.3) is 0 Å². The summed E-state index contributed by atoms with van der Waals surface area (Å²) in [6.45, 7) is 4.61. The second-order valence-electron chi connectivity index (χ2n) is 5.73. The molecule has 0 fully saturated rings. The van der Waals surface area contributed by atoms with Gasteiger partial charge in [-0.05, 0) is 38.0 Å². The molecule has 5 nitrogen and oxygen atoms in total. The van der Waals surface area contributed by atoms with Gasteiger partial charge in [0.2, 0.25) is 0 Å². The summed E-state index contributed by atoms with van der Waals surface area (Å²) in [7, 11) is 0. The van der Waals surface area contributed by atoms with E-state index in [1.807, 2.05) is 6.92 Å². The van der Waals surface area contributed by atoms with Crippen molar-refractivity contribution >= 4 is 11.6 Å². The standard InChI is InChI=1S/C16H19F3N2O3/c1-4-12-5-7-13(8-6-12)24-11(3)14(22)21-15(23,16(17,18)19)9-10(2)20-21/h5-8,11,23H,4,9H2,1-3H3/t11-,15+/m1/s1. The highest BCUT2D eigenvalue weighted by molar-refractivity contribution is 5.90. The number of aryl methyl sites for hydroxylation is 1. The number of alkyl halides is 3. The Morgan fingerprint density at radius 1 is 1.42 bits per heavy atom. The highest BCUT2D eigenvalue weighted by Crippen LogP contribution is 2.40. The Morgan fingerprint density at radius 2 is 2.00 bits per heavy atom. The van der Waals surface area contributed by atoms with E-state index in [-0.39, 0.29) is 10.7 Å². The molecule has 0 spiro atoms. The number of hydrogen-bond acceptors (Lipinski definition) is 4. The number of hydrogen-bond donors (Lipinski definition) is 1. The second kappa shape index (κ2) is 6.43. The predicted octanol–water partition coefficient (Wildman–Crippen LogP) is 2.88. The number of rotatable bonds is 4. The van der Waals surface area contributed by atoms with Crippen molar-refractivity contribution in [3.63, 3.8) is 0 Å². The Morgan fingerprint density at radius 3 is 2.50 bits per heavy atom. The van der Waals surface area contributed by atoms with Gasteiger partial charge in [-0.15, -0.1) is 0 Å². The third-order valence-corrected chi connectivity index (χ3v) is 3.78. The monoisotopic (exact) mass is 344 g/mol. The molecule has 2 rings (SSSR count). The molecule has 1 aliphatic heterocycles. The van der Waals surface area contributed by atoms with Crippen molar-refractivity contribution in [2.24, 2.45) is 5.10 Å². The Hall–Kier alpha value is -2.09. The number of hydrazone groups is 1. The number of ether oxygens (including phenoxy) is 1. The minimum absolute atomic E-state index is 0.0164. The lowest BCUT2D eigenvalue weighted by atomic mass is 10.1. The van der Waals surface area contributed by atoms with Crippen LogP contribution < -0.4 is 4.74 Å². The molecule has 8 heteroatoms. The van der Waals surface area contributed by atoms with Gasteiger partial charge in [0, 0.05) is 12.1 Å². The predicted molar refractivity (Wildman–Crippen MR) is 81.5 cm³/mol. The number of carbonyl (C=O) groups excluding carboxylic acids is 1. The molecule has 2 atom stereocenters. The second-order valence-corrected chi connectivity index (χ2v) is 5.73. The maximum absolute atomic E-state index is 13.1. The summed E-state index contributed by atoms with van der Waals surface area (Å²) in [5.74, 6) is -0.713. The molecule has 0 saturated heterocycles. The molecule has 1 amide bonds. The van der Waals surface area contributed by atoms with Crippen molar-refractivity contribution in [3.05, 3.63) is 29.8 Å². The molecule has 24 heavy (non-hydrogen) atoms. The summed E-state index contributed by atoms with van der Waals surface area (Å²) in [5, 5.41) is 13.5. The molecule has 1 N–H and O–H groups in total. The van der Waals surface area contributed by atoms with Crippen molar-refractivity contribution in [1.29, 1.82) is 0 Å². The van der Waals surface area contributed by atoms with Gasteiger partial charge >= 0.3 is 6.18 Å². The molecule has 0 unspecified atom stereocenters. The topological polar surface area (TPSA) is 62.1 Å². The van der Waals surface area contributed by atoms with Crippen LogP contribution in [0.2, 0.25) is 0 Å². The Kier molecular flexibility index (Phi) is 4.89. The number of amides is 1. The zero-order chi connectivity index (χ0) is 18.1. The van der Waals surface area contributed by atoms with Crippen LogP contribution in [0.3, 0.4) is 0 Å². The van der Waals surface area contributed by atoms with E-state index in [1.165, 1.54) is 13.8 Å². The Bertz CT molecular complexity index is 643. The summed E-state index contributed by atoms with van der Waals surface area (Å²) >= 11 is 0. The third kappa shape index (κ3) is 3.38. The first kappa shape index (κ1) is 18.3. The van der Waals surface area contributed by atoms with Crippen LogP contribution in [0, 0.1) is 0 Å². The quantitative estimate of drug-likeness (QED) is 0.914. The maximum Gasteiger partial charge on any atom is 0.438 e. The maximum atomic E-state index is 13.1. The normalized spacial score (nSPS) is 22.3. The van der Waals surface area contributed by atoms with Crippen LogP contribution in [0.1, 0.15) is 32.8 Å². The molecule has 132 valence electrons. The van der Waals surface area contributed by atoms with Crippen LogP contribution in [-0.2, 0) is 11.2 Å². The van der Waals surface area contributed by atoms with Crippen LogP contribution in [-0.4, -0.2) is 39.7 Å². The van der Waals surface area contributed by atoms with Crippen molar-refractivity contribution in [1.82, 2.24) is 5.01 Å². The average molecular weight is 344 g/mol. The van der Waals surface area contributed by atoms with Gasteiger partial charge in [0.25, 0.3) is 11.6 Å². The van der Waals surface area contributed by atoms with Crippen molar-refractivity contribution < 1.29 is 27.8 Å². The zero-order valence-corrected chi connectivity index (χ0v) is 13.6. The van der Waals surface area contributed by atoms with Crippen LogP contribution in [0.4, 0.5) is 13.2 Å². The molecule has 0 saturated carbocycles. The number of nitrogens with zero attached hydrogens (tertiary/aromatic N) is 2. The summed E-state index contributed by atoms with van der Waals surface area (Å²) in [4.78, 5) is 12.3. The van der Waals surface area contributed by atoms with Gasteiger partial charge in [0.1, 0.15) is 5.75 Å². The smallest absolute Gasteiger partial charge is 0.438 e. The molecule has 0 bridgehead atoms. The fourth-order valence-electron chi connectivity index (χ4n) is 2.40. The minimum atomic E-state index is -5.02. The largest absolute Gasteiger partial charge is 0.481 e. The molecule has 1 heterocycles. The lowest BCUT2D eigenvalue weighted by Gasteiger charge is -2.33. The van der Waals surface area contributed by atoms with Crippen molar-refractivity contribution in [2.75, 3.05) is 0 Å². The highest BCUT2D eigenvalue weighted by atomic mass is 19.4. The summed E-state index contributed by atoms with van der Waals surface area (Å²) in [6.07, 6.45) is -6.21. The fraction of sp³-hybridized carbons (Fsp3) is 0.500. The molecule has 0 radical (unpaired) electrons. The van der Waals surface area contributed by atoms with Crippen molar-refractivity contribution in [3.8, 4) is 5.75 Å². The highest BCUT2D eigenvalue weighted by Gasteiger charge is 2.63. The number of benzene rings is 1. The number of aliphatic hydroxyl groups is 1. The van der Waals surface area contributed by atoms with E-state index < -0.39 is 30.3 Å². The van der Waals surface area contributed by atoms with Gasteiger partial charge in [-0.1, -0.05) is 19.1 Å². The van der Waals surface area contributed by atoms with Crippen molar-refractivity contribution in [2.45, 2.75) is 51.6 Å².